The molecular formula is C23H19N5O2. The number of pyridine rings is 1. The van der Waals surface area contributed by atoms with Crippen LogP contribution in [-0.2, 0) is 15.0 Å². The Morgan fingerprint density at radius 2 is 2.03 bits per heavy atom. The van der Waals surface area contributed by atoms with E-state index < -0.39 is 11.3 Å². The molecule has 2 unspecified atom stereocenters. The standard InChI is InChI=1S/C23H19N5O2/c1-13-9-18-20(19(29)10-13)23(15-6-2-3-7-17(15)27-22(23)30)16(11-24)21(25)28(18)14-5-4-8-26-12-14/h2-8,12-13H,9-10,25H2,1H3,(H,27,30). The first kappa shape index (κ1) is 18.1. The van der Waals surface area contributed by atoms with Crippen LogP contribution in [0.5, 0.6) is 0 Å². The van der Waals surface area contributed by atoms with Crippen LogP contribution in [0.15, 0.2) is 71.5 Å². The molecule has 7 heteroatoms. The Kier molecular flexibility index (Phi) is 3.80. The Morgan fingerprint density at radius 1 is 1.23 bits per heavy atom. The second-order valence-corrected chi connectivity index (χ2v) is 7.93. The number of nitrogens with zero attached hydrogens (tertiary/aromatic N) is 3. The number of aromatic nitrogens is 1. The third-order valence-corrected chi connectivity index (χ3v) is 6.10. The van der Waals surface area contributed by atoms with Crippen molar-refractivity contribution in [3.63, 3.8) is 0 Å². The summed E-state index contributed by atoms with van der Waals surface area (Å²) in [5, 5.41) is 13.0. The predicted molar refractivity (Wildman–Crippen MR) is 111 cm³/mol. The number of hydrogen-bond acceptors (Lipinski definition) is 6. The maximum Gasteiger partial charge on any atom is 0.245 e. The van der Waals surface area contributed by atoms with Crippen molar-refractivity contribution in [2.45, 2.75) is 25.2 Å². The minimum Gasteiger partial charge on any atom is -0.384 e. The molecule has 2 aromatic rings. The van der Waals surface area contributed by atoms with E-state index in [2.05, 4.69) is 16.4 Å². The average molecular weight is 397 g/mol. The number of allylic oxidation sites excluding steroid dienone is 1. The van der Waals surface area contributed by atoms with Crippen LogP contribution in [0.25, 0.3) is 0 Å². The van der Waals surface area contributed by atoms with E-state index in [1.165, 1.54) is 0 Å². The molecule has 0 saturated heterocycles. The highest BCUT2D eigenvalue weighted by molar-refractivity contribution is 6.19. The zero-order valence-electron chi connectivity index (χ0n) is 16.3. The van der Waals surface area contributed by atoms with E-state index in [0.717, 1.165) is 0 Å². The molecule has 1 aliphatic carbocycles. The third-order valence-electron chi connectivity index (χ3n) is 6.10. The van der Waals surface area contributed by atoms with E-state index >= 15 is 0 Å². The van der Waals surface area contributed by atoms with Crippen LogP contribution in [0.4, 0.5) is 11.4 Å². The molecule has 0 fully saturated rings. The molecule has 0 saturated carbocycles. The fourth-order valence-electron chi connectivity index (χ4n) is 4.96. The summed E-state index contributed by atoms with van der Waals surface area (Å²) >= 11 is 0. The fourth-order valence-corrected chi connectivity index (χ4v) is 4.96. The number of Topliss-reactive ketones (excluding diaryl/α,β-unsaturated/α-hetero) is 1. The van der Waals surface area contributed by atoms with Gasteiger partial charge in [-0.1, -0.05) is 25.1 Å². The van der Waals surface area contributed by atoms with Crippen molar-refractivity contribution >= 4 is 23.1 Å². The Bertz CT molecular complexity index is 1210. The number of nitrogens with two attached hydrogens (primary N) is 1. The van der Waals surface area contributed by atoms with Gasteiger partial charge >= 0.3 is 0 Å². The number of anilines is 2. The van der Waals surface area contributed by atoms with E-state index in [9.17, 15) is 14.9 Å². The van der Waals surface area contributed by atoms with E-state index in [1.54, 1.807) is 41.6 Å². The van der Waals surface area contributed by atoms with Crippen LogP contribution in [0.2, 0.25) is 0 Å². The number of carbonyl (C=O) groups is 2. The number of carbonyl (C=O) groups excluding carboxylic acids is 2. The summed E-state index contributed by atoms with van der Waals surface area (Å²) in [6.45, 7) is 2.00. The Labute approximate surface area is 173 Å². The number of rotatable bonds is 1. The number of hydrogen-bond donors (Lipinski definition) is 2. The lowest BCUT2D eigenvalue weighted by molar-refractivity contribution is -0.123. The molecule has 1 spiro atoms. The van der Waals surface area contributed by atoms with Crippen LogP contribution >= 0.6 is 0 Å². The van der Waals surface area contributed by atoms with Crippen LogP contribution in [0, 0.1) is 17.2 Å². The van der Waals surface area contributed by atoms with Gasteiger partial charge in [-0.3, -0.25) is 19.5 Å². The monoisotopic (exact) mass is 397 g/mol. The van der Waals surface area contributed by atoms with Crippen LogP contribution in [0.3, 0.4) is 0 Å². The highest BCUT2D eigenvalue weighted by Crippen LogP contribution is 2.55. The third kappa shape index (κ3) is 2.16. The van der Waals surface area contributed by atoms with Gasteiger partial charge in [-0.05, 0) is 30.5 Å². The minimum atomic E-state index is -1.53. The molecule has 0 radical (unpaired) electrons. The van der Waals surface area contributed by atoms with Crippen molar-refractivity contribution in [1.82, 2.24) is 4.98 Å². The Hall–Kier alpha value is -3.92. The summed E-state index contributed by atoms with van der Waals surface area (Å²) in [4.78, 5) is 32.8. The maximum atomic E-state index is 13.5. The lowest BCUT2D eigenvalue weighted by atomic mass is 9.63. The van der Waals surface area contributed by atoms with Crippen molar-refractivity contribution in [1.29, 1.82) is 5.26 Å². The highest BCUT2D eigenvalue weighted by Gasteiger charge is 2.60. The summed E-state index contributed by atoms with van der Waals surface area (Å²) in [6, 6.07) is 12.9. The molecule has 2 atom stereocenters. The molecule has 3 heterocycles. The largest absolute Gasteiger partial charge is 0.384 e. The van der Waals surface area contributed by atoms with E-state index in [0.29, 0.717) is 41.1 Å². The molecule has 1 aromatic heterocycles. The van der Waals surface area contributed by atoms with Gasteiger partial charge in [0, 0.05) is 35.1 Å². The van der Waals surface area contributed by atoms with Gasteiger partial charge in [-0.25, -0.2) is 0 Å². The van der Waals surface area contributed by atoms with Crippen LogP contribution < -0.4 is 16.0 Å². The lowest BCUT2D eigenvalue weighted by Crippen LogP contribution is -2.51. The zero-order valence-corrected chi connectivity index (χ0v) is 16.3. The van der Waals surface area contributed by atoms with Gasteiger partial charge in [0.15, 0.2) is 5.78 Å². The van der Waals surface area contributed by atoms with Gasteiger partial charge in [0.1, 0.15) is 17.3 Å². The zero-order chi connectivity index (χ0) is 21.0. The lowest BCUT2D eigenvalue weighted by Gasteiger charge is -2.44. The van der Waals surface area contributed by atoms with Gasteiger partial charge in [-0.2, -0.15) is 5.26 Å². The molecule has 5 rings (SSSR count). The summed E-state index contributed by atoms with van der Waals surface area (Å²) < 4.78 is 0. The quantitative estimate of drug-likeness (QED) is 0.765. The first-order valence-corrected chi connectivity index (χ1v) is 9.78. The van der Waals surface area contributed by atoms with Crippen molar-refractivity contribution in [2.24, 2.45) is 11.7 Å². The van der Waals surface area contributed by atoms with E-state index in [1.807, 2.05) is 19.1 Å². The molecule has 1 aromatic carbocycles. The number of benzene rings is 1. The van der Waals surface area contributed by atoms with E-state index in [4.69, 9.17) is 5.73 Å². The van der Waals surface area contributed by atoms with Gasteiger partial charge in [-0.15, -0.1) is 0 Å². The average Bonchev–Trinajstić information content (AvgIpc) is 3.01. The van der Waals surface area contributed by atoms with Crippen LogP contribution in [-0.4, -0.2) is 16.7 Å². The number of ketones is 1. The van der Waals surface area contributed by atoms with Gasteiger partial charge in [0.2, 0.25) is 5.91 Å². The fraction of sp³-hybridized carbons (Fsp3) is 0.217. The first-order valence-electron chi connectivity index (χ1n) is 9.78. The Balaban J connectivity index is 1.90. The molecule has 0 bridgehead atoms. The molecular weight excluding hydrogens is 378 g/mol. The summed E-state index contributed by atoms with van der Waals surface area (Å²) in [5.41, 5.74) is 7.95. The summed E-state index contributed by atoms with van der Waals surface area (Å²) in [5.74, 6) is -0.309. The second kappa shape index (κ2) is 6.29. The SMILES string of the molecule is CC1CC(=O)C2=C(C1)N(c1cccnc1)C(N)=C(C#N)C21C(=O)Nc2ccccc21. The first-order chi connectivity index (χ1) is 14.5. The van der Waals surface area contributed by atoms with E-state index in [-0.39, 0.29) is 23.1 Å². The number of amides is 1. The summed E-state index contributed by atoms with van der Waals surface area (Å²) in [7, 11) is 0. The highest BCUT2D eigenvalue weighted by atomic mass is 16.2. The van der Waals surface area contributed by atoms with Crippen molar-refractivity contribution < 1.29 is 9.59 Å². The van der Waals surface area contributed by atoms with Gasteiger partial charge in [0.05, 0.1) is 17.5 Å². The maximum absolute atomic E-state index is 13.5. The van der Waals surface area contributed by atoms with Gasteiger partial charge < -0.3 is 11.1 Å². The van der Waals surface area contributed by atoms with Gasteiger partial charge in [0.25, 0.3) is 0 Å². The molecule has 30 heavy (non-hydrogen) atoms. The second-order valence-electron chi connectivity index (χ2n) is 7.93. The molecule has 3 aliphatic rings. The molecule has 7 nitrogen and oxygen atoms in total. The normalized spacial score (nSPS) is 25.2. The summed E-state index contributed by atoms with van der Waals surface area (Å²) in [6.07, 6.45) is 4.16. The molecule has 2 aliphatic heterocycles. The van der Waals surface area contributed by atoms with Crippen LogP contribution in [0.1, 0.15) is 25.3 Å². The number of para-hydroxylation sites is 1. The predicted octanol–water partition coefficient (Wildman–Crippen LogP) is 2.74. The molecule has 3 N–H and O–H groups in total. The van der Waals surface area contributed by atoms with Crippen molar-refractivity contribution in [3.8, 4) is 6.07 Å². The van der Waals surface area contributed by atoms with Crippen molar-refractivity contribution in [2.75, 3.05) is 10.2 Å². The Morgan fingerprint density at radius 3 is 2.77 bits per heavy atom. The smallest absolute Gasteiger partial charge is 0.245 e. The molecule has 148 valence electrons. The topological polar surface area (TPSA) is 112 Å². The number of fused-ring (bicyclic) bond motifs is 3. The van der Waals surface area contributed by atoms with Crippen molar-refractivity contribution in [3.05, 3.63) is 77.0 Å². The number of nitrogens with one attached hydrogen (secondary N) is 1. The number of nitriles is 1. The molecule has 1 amide bonds. The minimum absolute atomic E-state index is 0.0652.